The van der Waals surface area contributed by atoms with Crippen molar-refractivity contribution in [1.82, 2.24) is 0 Å². The molecule has 0 aliphatic rings. The molecule has 1 N–H and O–H groups in total. The number of benzene rings is 1. The van der Waals surface area contributed by atoms with Crippen LogP contribution in [-0.2, 0) is 0 Å². The van der Waals surface area contributed by atoms with Crippen molar-refractivity contribution in [3.63, 3.8) is 0 Å². The van der Waals surface area contributed by atoms with E-state index >= 15 is 0 Å². The zero-order chi connectivity index (χ0) is 13.3. The number of hydrogen-bond acceptors (Lipinski definition) is 3. The first-order valence-corrected chi connectivity index (χ1v) is 6.98. The van der Waals surface area contributed by atoms with Crippen LogP contribution in [0.4, 0.5) is 4.39 Å². The molecule has 18 heavy (non-hydrogen) atoms. The van der Waals surface area contributed by atoms with E-state index in [0.717, 1.165) is 0 Å². The number of methoxy groups -OCH3 is 1. The zero-order valence-electron chi connectivity index (χ0n) is 9.28. The number of ether oxygens (including phenoxy) is 1. The maximum absolute atomic E-state index is 14.0. The van der Waals surface area contributed by atoms with Crippen LogP contribution in [-0.4, -0.2) is 12.2 Å². The van der Waals surface area contributed by atoms with Crippen LogP contribution in [0, 0.1) is 5.82 Å². The highest BCUT2D eigenvalue weighted by Crippen LogP contribution is 2.38. The second-order valence-electron chi connectivity index (χ2n) is 3.54. The molecule has 0 fully saturated rings. The molecule has 1 aromatic heterocycles. The van der Waals surface area contributed by atoms with E-state index in [4.69, 9.17) is 16.3 Å². The van der Waals surface area contributed by atoms with Gasteiger partial charge in [0.1, 0.15) is 10.4 Å². The van der Waals surface area contributed by atoms with E-state index in [1.807, 2.05) is 0 Å². The summed E-state index contributed by atoms with van der Waals surface area (Å²) in [6.45, 7) is 0. The van der Waals surface area contributed by atoms with Gasteiger partial charge in [-0.15, -0.1) is 11.3 Å². The molecule has 0 bridgehead atoms. The van der Waals surface area contributed by atoms with Crippen LogP contribution in [0.25, 0.3) is 0 Å². The van der Waals surface area contributed by atoms with Gasteiger partial charge in [-0.3, -0.25) is 0 Å². The lowest BCUT2D eigenvalue weighted by molar-refractivity contribution is 0.217. The standard InChI is InChI=1S/C12H9BrClFO2S/c1-17-8-4-2-3-6(10(8)15)11(16)9-5-7(13)12(14)18-9/h2-5,11,16H,1H3. The second-order valence-corrected chi connectivity index (χ2v) is 6.08. The maximum atomic E-state index is 14.0. The minimum Gasteiger partial charge on any atom is -0.494 e. The quantitative estimate of drug-likeness (QED) is 0.888. The molecule has 0 amide bonds. The van der Waals surface area contributed by atoms with Crippen LogP contribution in [0.15, 0.2) is 28.7 Å². The van der Waals surface area contributed by atoms with Crippen LogP contribution in [0.5, 0.6) is 5.75 Å². The largest absolute Gasteiger partial charge is 0.494 e. The molecule has 1 heterocycles. The summed E-state index contributed by atoms with van der Waals surface area (Å²) < 4.78 is 20.1. The summed E-state index contributed by atoms with van der Waals surface area (Å²) in [5.41, 5.74) is 0.166. The minimum atomic E-state index is -1.06. The Morgan fingerprint density at radius 1 is 1.50 bits per heavy atom. The van der Waals surface area contributed by atoms with E-state index in [1.165, 1.54) is 30.6 Å². The van der Waals surface area contributed by atoms with Gasteiger partial charge in [0, 0.05) is 14.9 Å². The topological polar surface area (TPSA) is 29.5 Å². The van der Waals surface area contributed by atoms with Gasteiger partial charge in [0.15, 0.2) is 11.6 Å². The molecule has 0 radical (unpaired) electrons. The van der Waals surface area contributed by atoms with Crippen molar-refractivity contribution in [3.8, 4) is 5.75 Å². The molecule has 0 saturated heterocycles. The predicted octanol–water partition coefficient (Wildman–Crippen LogP) is 4.39. The zero-order valence-corrected chi connectivity index (χ0v) is 12.4. The number of aliphatic hydroxyl groups is 1. The van der Waals surface area contributed by atoms with E-state index in [9.17, 15) is 9.50 Å². The van der Waals surface area contributed by atoms with Crippen LogP contribution >= 0.6 is 38.9 Å². The molecule has 2 aromatic rings. The number of thiophene rings is 1. The van der Waals surface area contributed by atoms with Crippen LogP contribution in [0.3, 0.4) is 0 Å². The van der Waals surface area contributed by atoms with E-state index in [0.29, 0.717) is 13.7 Å². The smallest absolute Gasteiger partial charge is 0.171 e. The lowest BCUT2D eigenvalue weighted by Crippen LogP contribution is -2.02. The summed E-state index contributed by atoms with van der Waals surface area (Å²) in [5.74, 6) is -0.457. The van der Waals surface area contributed by atoms with Crippen molar-refractivity contribution >= 4 is 38.9 Å². The Morgan fingerprint density at radius 2 is 2.22 bits per heavy atom. The van der Waals surface area contributed by atoms with E-state index in [-0.39, 0.29) is 11.3 Å². The summed E-state index contributed by atoms with van der Waals surface area (Å²) in [6.07, 6.45) is -1.06. The van der Waals surface area contributed by atoms with Gasteiger partial charge >= 0.3 is 0 Å². The molecule has 1 aromatic carbocycles. The fourth-order valence-corrected chi connectivity index (χ4v) is 3.29. The molecule has 96 valence electrons. The Balaban J connectivity index is 2.42. The van der Waals surface area contributed by atoms with Crippen LogP contribution in [0.2, 0.25) is 4.34 Å². The Hall–Kier alpha value is -0.620. The summed E-state index contributed by atoms with van der Waals surface area (Å²) >= 11 is 10.4. The van der Waals surface area contributed by atoms with Crippen molar-refractivity contribution in [2.24, 2.45) is 0 Å². The summed E-state index contributed by atoms with van der Waals surface area (Å²) in [5, 5.41) is 10.2. The van der Waals surface area contributed by atoms with Gasteiger partial charge < -0.3 is 9.84 Å². The SMILES string of the molecule is COc1cccc(C(O)c2cc(Br)c(Cl)s2)c1F. The van der Waals surface area contributed by atoms with Gasteiger partial charge in [0.05, 0.1) is 7.11 Å². The summed E-state index contributed by atoms with van der Waals surface area (Å²) in [4.78, 5) is 0.569. The highest BCUT2D eigenvalue weighted by molar-refractivity contribution is 9.10. The van der Waals surface area contributed by atoms with Crippen LogP contribution < -0.4 is 4.74 Å². The monoisotopic (exact) mass is 350 g/mol. The highest BCUT2D eigenvalue weighted by atomic mass is 79.9. The van der Waals surface area contributed by atoms with Gasteiger partial charge in [0.25, 0.3) is 0 Å². The van der Waals surface area contributed by atoms with Gasteiger partial charge in [-0.1, -0.05) is 23.7 Å². The summed E-state index contributed by atoms with van der Waals surface area (Å²) in [7, 11) is 1.38. The molecular formula is C12H9BrClFO2S. The molecule has 0 saturated carbocycles. The lowest BCUT2D eigenvalue weighted by Gasteiger charge is -2.12. The van der Waals surface area contributed by atoms with Crippen molar-refractivity contribution < 1.29 is 14.2 Å². The fourth-order valence-electron chi connectivity index (χ4n) is 1.55. The van der Waals surface area contributed by atoms with Gasteiger partial charge in [-0.2, -0.15) is 0 Å². The summed E-state index contributed by atoms with van der Waals surface area (Å²) in [6, 6.07) is 6.33. The molecule has 0 aliphatic heterocycles. The minimum absolute atomic E-state index is 0.105. The molecule has 2 nitrogen and oxygen atoms in total. The van der Waals surface area contributed by atoms with Crippen molar-refractivity contribution in [2.75, 3.05) is 7.11 Å². The third kappa shape index (κ3) is 2.54. The van der Waals surface area contributed by atoms with Crippen molar-refractivity contribution in [2.45, 2.75) is 6.10 Å². The first-order chi connectivity index (χ1) is 8.54. The van der Waals surface area contributed by atoms with Gasteiger partial charge in [0.2, 0.25) is 0 Å². The molecule has 0 aliphatic carbocycles. The Labute approximate surface area is 121 Å². The molecule has 2 rings (SSSR count). The molecule has 0 spiro atoms. The third-order valence-electron chi connectivity index (χ3n) is 2.44. The molecular weight excluding hydrogens is 343 g/mol. The average molecular weight is 352 g/mol. The number of aliphatic hydroxyl groups excluding tert-OH is 1. The average Bonchev–Trinajstić information content (AvgIpc) is 2.69. The molecule has 1 atom stereocenters. The molecule has 6 heteroatoms. The molecule has 1 unspecified atom stereocenters. The van der Waals surface area contributed by atoms with E-state index < -0.39 is 11.9 Å². The van der Waals surface area contributed by atoms with Crippen LogP contribution in [0.1, 0.15) is 16.5 Å². The van der Waals surface area contributed by atoms with Crippen molar-refractivity contribution in [1.29, 1.82) is 0 Å². The fraction of sp³-hybridized carbons (Fsp3) is 0.167. The van der Waals surface area contributed by atoms with Gasteiger partial charge in [-0.25, -0.2) is 4.39 Å². The number of halogens is 3. The third-order valence-corrected chi connectivity index (χ3v) is 4.97. The van der Waals surface area contributed by atoms with E-state index in [1.54, 1.807) is 12.1 Å². The van der Waals surface area contributed by atoms with Gasteiger partial charge in [-0.05, 0) is 28.1 Å². The maximum Gasteiger partial charge on any atom is 0.171 e. The normalized spacial score (nSPS) is 12.5. The number of hydrogen-bond donors (Lipinski definition) is 1. The number of rotatable bonds is 3. The first-order valence-electron chi connectivity index (χ1n) is 4.99. The Bertz CT molecular complexity index is 554. The predicted molar refractivity (Wildman–Crippen MR) is 74.0 cm³/mol. The first kappa shape index (κ1) is 13.8. The lowest BCUT2D eigenvalue weighted by atomic mass is 10.1. The highest BCUT2D eigenvalue weighted by Gasteiger charge is 2.20. The Kier molecular flexibility index (Phi) is 4.27. The Morgan fingerprint density at radius 3 is 2.78 bits per heavy atom. The second kappa shape index (κ2) is 5.57. The van der Waals surface area contributed by atoms with Crippen molar-refractivity contribution in [3.05, 3.63) is 49.3 Å². The van der Waals surface area contributed by atoms with E-state index in [2.05, 4.69) is 15.9 Å².